The van der Waals surface area contributed by atoms with Gasteiger partial charge in [0.15, 0.2) is 11.3 Å². The molecule has 1 aromatic carbocycles. The minimum absolute atomic E-state index is 0. The third kappa shape index (κ3) is 2.20. The van der Waals surface area contributed by atoms with Gasteiger partial charge in [0.25, 0.3) is 0 Å². The number of methoxy groups -OCH3 is 1. The summed E-state index contributed by atoms with van der Waals surface area (Å²) in [4.78, 5) is 15.8. The second-order valence-corrected chi connectivity index (χ2v) is 3.91. The molecule has 0 unspecified atom stereocenters. The molecule has 19 heavy (non-hydrogen) atoms. The van der Waals surface area contributed by atoms with Crippen molar-refractivity contribution in [2.75, 3.05) is 12.8 Å². The molecule has 5 nitrogen and oxygen atoms in total. The van der Waals surface area contributed by atoms with Gasteiger partial charge in [0.1, 0.15) is 17.0 Å². The van der Waals surface area contributed by atoms with Crippen LogP contribution in [0.1, 0.15) is 0 Å². The second kappa shape index (κ2) is 4.78. The van der Waals surface area contributed by atoms with Gasteiger partial charge in [-0.05, 0) is 18.2 Å². The molecule has 6 heteroatoms. The van der Waals surface area contributed by atoms with Gasteiger partial charge in [-0.3, -0.25) is 4.79 Å². The van der Waals surface area contributed by atoms with Crippen LogP contribution in [0.25, 0.3) is 22.6 Å². The summed E-state index contributed by atoms with van der Waals surface area (Å²) in [6, 6.07) is 8.17. The lowest BCUT2D eigenvalue weighted by Gasteiger charge is -2.07. The summed E-state index contributed by atoms with van der Waals surface area (Å²) >= 11 is 0. The Morgan fingerprint density at radius 1 is 1.26 bits per heavy atom. The number of nitrogens with two attached hydrogens (primary N) is 1. The van der Waals surface area contributed by atoms with Crippen molar-refractivity contribution in [1.82, 2.24) is 4.98 Å². The fourth-order valence-electron chi connectivity index (χ4n) is 1.78. The van der Waals surface area contributed by atoms with Gasteiger partial charge in [-0.25, -0.2) is 4.98 Å². The van der Waals surface area contributed by atoms with E-state index in [9.17, 15) is 4.79 Å². The predicted molar refractivity (Wildman–Crippen MR) is 75.1 cm³/mol. The molecule has 1 heterocycles. The van der Waals surface area contributed by atoms with Crippen LogP contribution in [-0.4, -0.2) is 12.1 Å². The van der Waals surface area contributed by atoms with E-state index in [1.165, 1.54) is 12.1 Å². The van der Waals surface area contributed by atoms with Gasteiger partial charge in [0.05, 0.1) is 12.8 Å². The molecule has 0 bridgehead atoms. The number of halogens is 1. The zero-order chi connectivity index (χ0) is 12.7. The van der Waals surface area contributed by atoms with Crippen LogP contribution in [0.2, 0.25) is 0 Å². The van der Waals surface area contributed by atoms with E-state index in [1.807, 2.05) is 0 Å². The molecule has 0 amide bonds. The highest BCUT2D eigenvalue weighted by atomic mass is 35.5. The van der Waals surface area contributed by atoms with Crippen LogP contribution in [0.4, 0.5) is 5.69 Å². The molecule has 0 spiro atoms. The van der Waals surface area contributed by atoms with Gasteiger partial charge in [0.2, 0.25) is 5.43 Å². The largest absolute Gasteiger partial charge is 0.497 e. The Kier molecular flexibility index (Phi) is 3.31. The summed E-state index contributed by atoms with van der Waals surface area (Å²) in [5.41, 5.74) is 7.26. The molecule has 1 aliphatic heterocycles. The summed E-state index contributed by atoms with van der Waals surface area (Å²) in [7, 11) is 1.58. The highest BCUT2D eigenvalue weighted by Crippen LogP contribution is 2.27. The van der Waals surface area contributed by atoms with Gasteiger partial charge in [0, 0.05) is 12.1 Å². The van der Waals surface area contributed by atoms with Crippen molar-refractivity contribution in [3.8, 4) is 17.2 Å². The first kappa shape index (κ1) is 13.2. The first-order chi connectivity index (χ1) is 8.67. The highest BCUT2D eigenvalue weighted by Gasteiger charge is 2.11. The molecule has 0 atom stereocenters. The fourth-order valence-corrected chi connectivity index (χ4v) is 1.78. The second-order valence-electron chi connectivity index (χ2n) is 3.91. The van der Waals surface area contributed by atoms with Crippen molar-refractivity contribution in [2.24, 2.45) is 0 Å². The maximum atomic E-state index is 11.5. The zero-order valence-electron chi connectivity index (χ0n) is 10.0. The molecule has 2 N–H and O–H groups in total. The van der Waals surface area contributed by atoms with E-state index in [1.54, 1.807) is 25.3 Å². The first-order valence-corrected chi connectivity index (χ1v) is 5.35. The average Bonchev–Trinajstić information content (AvgIpc) is 2.37. The van der Waals surface area contributed by atoms with Crippen molar-refractivity contribution >= 4 is 29.2 Å². The molecule has 3 rings (SSSR count). The Balaban J connectivity index is 0.00000133. The summed E-state index contributed by atoms with van der Waals surface area (Å²) in [6.07, 6.45) is 0. The van der Waals surface area contributed by atoms with Crippen LogP contribution < -0.4 is 15.9 Å². The average molecular weight is 279 g/mol. The van der Waals surface area contributed by atoms with Crippen molar-refractivity contribution in [3.05, 3.63) is 40.6 Å². The van der Waals surface area contributed by atoms with Crippen LogP contribution in [0.3, 0.4) is 0 Å². The van der Waals surface area contributed by atoms with E-state index in [4.69, 9.17) is 14.9 Å². The van der Waals surface area contributed by atoms with Crippen LogP contribution in [-0.2, 0) is 0 Å². The minimum atomic E-state index is -0.268. The number of ether oxygens (including phenoxy) is 1. The molecule has 0 saturated heterocycles. The first-order valence-electron chi connectivity index (χ1n) is 5.35. The Morgan fingerprint density at radius 2 is 2.05 bits per heavy atom. The van der Waals surface area contributed by atoms with Crippen molar-refractivity contribution < 1.29 is 9.15 Å². The molecular formula is C13H11ClN2O3. The Hall–Kier alpha value is -2.27. The van der Waals surface area contributed by atoms with Crippen molar-refractivity contribution in [2.45, 2.75) is 0 Å². The summed E-state index contributed by atoms with van der Waals surface area (Å²) in [5, 5.41) is 0. The molecule has 0 fully saturated rings. The molecule has 1 aromatic rings. The molecule has 1 aliphatic carbocycles. The van der Waals surface area contributed by atoms with Crippen LogP contribution in [0, 0.1) is 0 Å². The zero-order valence-corrected chi connectivity index (χ0v) is 10.9. The lowest BCUT2D eigenvalue weighted by molar-refractivity contribution is 0.414. The Bertz CT molecular complexity index is 770. The number of aromatic nitrogens is 1. The lowest BCUT2D eigenvalue weighted by Crippen LogP contribution is -2.08. The van der Waals surface area contributed by atoms with E-state index in [0.29, 0.717) is 28.3 Å². The number of nitrogens with zero attached hydrogens (tertiary/aromatic N) is 1. The van der Waals surface area contributed by atoms with Gasteiger partial charge >= 0.3 is 0 Å². The maximum absolute atomic E-state index is 11.5. The van der Waals surface area contributed by atoms with E-state index in [0.717, 1.165) is 0 Å². The molecule has 0 saturated carbocycles. The number of anilines is 1. The van der Waals surface area contributed by atoms with Gasteiger partial charge in [-0.1, -0.05) is 0 Å². The Morgan fingerprint density at radius 3 is 2.79 bits per heavy atom. The Labute approximate surface area is 114 Å². The topological polar surface area (TPSA) is 78.4 Å². The van der Waals surface area contributed by atoms with E-state index in [2.05, 4.69) is 4.98 Å². The van der Waals surface area contributed by atoms with Gasteiger partial charge in [-0.15, -0.1) is 12.4 Å². The van der Waals surface area contributed by atoms with Gasteiger partial charge in [-0.2, -0.15) is 0 Å². The summed E-state index contributed by atoms with van der Waals surface area (Å²) < 4.78 is 10.7. The highest BCUT2D eigenvalue weighted by molar-refractivity contribution is 5.85. The minimum Gasteiger partial charge on any atom is -0.497 e. The predicted octanol–water partition coefficient (Wildman–Crippen LogP) is 2.31. The standard InChI is InChI=1S/C13H10N2O3.ClH/c1-17-7-2-3-9-12(4-7)18-13-6-11(16)8(14)5-10(13)15-9;/h2-6H,14H2,1H3;1H. The number of hydrogen-bond donors (Lipinski definition) is 1. The molecule has 98 valence electrons. The van der Waals surface area contributed by atoms with Crippen LogP contribution in [0.15, 0.2) is 39.5 Å². The normalized spacial score (nSPS) is 10.4. The van der Waals surface area contributed by atoms with Gasteiger partial charge < -0.3 is 14.9 Å². The fraction of sp³-hybridized carbons (Fsp3) is 0.0769. The molecule has 0 aromatic heterocycles. The van der Waals surface area contributed by atoms with E-state index in [-0.39, 0.29) is 23.5 Å². The van der Waals surface area contributed by atoms with Crippen molar-refractivity contribution in [3.63, 3.8) is 0 Å². The lowest BCUT2D eigenvalue weighted by atomic mass is 10.2. The van der Waals surface area contributed by atoms with Crippen LogP contribution in [0.5, 0.6) is 5.75 Å². The van der Waals surface area contributed by atoms with Crippen molar-refractivity contribution in [1.29, 1.82) is 0 Å². The third-order valence-corrected chi connectivity index (χ3v) is 2.72. The van der Waals surface area contributed by atoms with Crippen LogP contribution >= 0.6 is 12.4 Å². The molecule has 0 radical (unpaired) electrons. The summed E-state index contributed by atoms with van der Waals surface area (Å²) in [5.74, 6) is 1.08. The number of nitrogen functional groups attached to an aromatic ring is 1. The van der Waals surface area contributed by atoms with E-state index < -0.39 is 0 Å². The SMILES string of the molecule is COc1ccc2nc3cc(N)c(=O)cc-3oc2c1.Cl. The van der Waals surface area contributed by atoms with E-state index >= 15 is 0 Å². The number of fused-ring (bicyclic) bond motifs is 2. The number of benzene rings is 2. The quantitative estimate of drug-likeness (QED) is 0.546. The molecular weight excluding hydrogens is 268 g/mol. The smallest absolute Gasteiger partial charge is 0.205 e. The summed E-state index contributed by atoms with van der Waals surface area (Å²) in [6.45, 7) is 0. The third-order valence-electron chi connectivity index (χ3n) is 2.72. The molecule has 2 aliphatic rings. The number of rotatable bonds is 1. The maximum Gasteiger partial charge on any atom is 0.205 e. The monoisotopic (exact) mass is 278 g/mol. The number of hydrogen-bond acceptors (Lipinski definition) is 5.